The van der Waals surface area contributed by atoms with Crippen LogP contribution in [0.5, 0.6) is 5.75 Å². The second kappa shape index (κ2) is 8.79. The predicted octanol–water partition coefficient (Wildman–Crippen LogP) is 3.69. The van der Waals surface area contributed by atoms with Gasteiger partial charge in [0.15, 0.2) is 6.10 Å². The molecule has 1 unspecified atom stereocenters. The van der Waals surface area contributed by atoms with Gasteiger partial charge in [0.1, 0.15) is 11.4 Å². The van der Waals surface area contributed by atoms with E-state index < -0.39 is 11.7 Å². The van der Waals surface area contributed by atoms with Crippen LogP contribution < -0.4 is 10.1 Å². The lowest BCUT2D eigenvalue weighted by molar-refractivity contribution is -0.163. The maximum Gasteiger partial charge on any atom is 0.347 e. The zero-order valence-corrected chi connectivity index (χ0v) is 14.4. The maximum absolute atomic E-state index is 12.1. The molecule has 0 aliphatic heterocycles. The summed E-state index contributed by atoms with van der Waals surface area (Å²) >= 11 is 0. The Balaban J connectivity index is 2.66. The normalized spacial score (nSPS) is 12.8. The van der Waals surface area contributed by atoms with Gasteiger partial charge in [0.05, 0.1) is 0 Å². The van der Waals surface area contributed by atoms with Gasteiger partial charge in [-0.2, -0.15) is 0 Å². The van der Waals surface area contributed by atoms with Gasteiger partial charge in [-0.3, -0.25) is 0 Å². The summed E-state index contributed by atoms with van der Waals surface area (Å²) in [7, 11) is 0. The molecule has 0 aromatic heterocycles. The molecule has 4 nitrogen and oxygen atoms in total. The quantitative estimate of drug-likeness (QED) is 0.588. The van der Waals surface area contributed by atoms with Gasteiger partial charge >= 0.3 is 5.97 Å². The van der Waals surface area contributed by atoms with Crippen molar-refractivity contribution in [3.8, 4) is 5.75 Å². The van der Waals surface area contributed by atoms with Crippen LogP contribution in [0.2, 0.25) is 0 Å². The molecule has 124 valence electrons. The Morgan fingerprint density at radius 1 is 1.27 bits per heavy atom. The highest BCUT2D eigenvalue weighted by Gasteiger charge is 2.25. The summed E-state index contributed by atoms with van der Waals surface area (Å²) < 4.78 is 11.2. The van der Waals surface area contributed by atoms with Crippen molar-refractivity contribution < 1.29 is 14.3 Å². The molecule has 0 saturated carbocycles. The Hall–Kier alpha value is -1.55. The highest BCUT2D eigenvalue weighted by atomic mass is 16.6. The highest BCUT2D eigenvalue weighted by molar-refractivity contribution is 5.75. The van der Waals surface area contributed by atoms with Crippen LogP contribution in [0.25, 0.3) is 0 Å². The zero-order chi connectivity index (χ0) is 16.6. The summed E-state index contributed by atoms with van der Waals surface area (Å²) in [5.74, 6) is 0.387. The highest BCUT2D eigenvalue weighted by Crippen LogP contribution is 2.18. The van der Waals surface area contributed by atoms with Crippen LogP contribution in [0.1, 0.15) is 53.0 Å². The van der Waals surface area contributed by atoms with Crippen molar-refractivity contribution in [3.63, 3.8) is 0 Å². The third-order valence-corrected chi connectivity index (χ3v) is 2.97. The first kappa shape index (κ1) is 18.5. The van der Waals surface area contributed by atoms with E-state index in [1.807, 2.05) is 52.0 Å². The smallest absolute Gasteiger partial charge is 0.347 e. The van der Waals surface area contributed by atoms with Gasteiger partial charge in [-0.15, -0.1) is 0 Å². The summed E-state index contributed by atoms with van der Waals surface area (Å²) in [4.78, 5) is 12.1. The van der Waals surface area contributed by atoms with E-state index in [9.17, 15) is 4.79 Å². The maximum atomic E-state index is 12.1. The Bertz CT molecular complexity index is 466. The largest absolute Gasteiger partial charge is 0.479 e. The number of ether oxygens (including phenoxy) is 2. The van der Waals surface area contributed by atoms with Crippen LogP contribution >= 0.6 is 0 Å². The third-order valence-electron chi connectivity index (χ3n) is 2.97. The number of nitrogens with one attached hydrogen (secondary N) is 1. The van der Waals surface area contributed by atoms with Crippen molar-refractivity contribution in [1.82, 2.24) is 5.32 Å². The Kier molecular flexibility index (Phi) is 7.39. The fraction of sp³-hybridized carbons (Fsp3) is 0.611. The molecule has 0 bridgehead atoms. The van der Waals surface area contributed by atoms with Gasteiger partial charge in [-0.25, -0.2) is 4.79 Å². The Morgan fingerprint density at radius 2 is 2.00 bits per heavy atom. The molecule has 4 heteroatoms. The van der Waals surface area contributed by atoms with E-state index in [1.165, 1.54) is 0 Å². The molecule has 1 aromatic rings. The lowest BCUT2D eigenvalue weighted by Gasteiger charge is -2.24. The molecule has 0 aliphatic rings. The van der Waals surface area contributed by atoms with E-state index in [1.54, 1.807) is 0 Å². The van der Waals surface area contributed by atoms with E-state index >= 15 is 0 Å². The minimum absolute atomic E-state index is 0.315. The van der Waals surface area contributed by atoms with Crippen molar-refractivity contribution >= 4 is 5.97 Å². The molecule has 1 aromatic carbocycles. The molecule has 1 atom stereocenters. The van der Waals surface area contributed by atoms with E-state index in [0.717, 1.165) is 25.1 Å². The Labute approximate surface area is 134 Å². The summed E-state index contributed by atoms with van der Waals surface area (Å²) in [5, 5.41) is 3.35. The molecular formula is C18H29NO3. The van der Waals surface area contributed by atoms with Crippen molar-refractivity contribution in [2.75, 3.05) is 6.54 Å². The summed E-state index contributed by atoms with van der Waals surface area (Å²) in [6, 6.07) is 7.83. The molecule has 0 spiro atoms. The summed E-state index contributed by atoms with van der Waals surface area (Å²) in [6.07, 6.45) is 1.11. The first-order valence-corrected chi connectivity index (χ1v) is 8.05. The first-order valence-electron chi connectivity index (χ1n) is 8.05. The van der Waals surface area contributed by atoms with Crippen molar-refractivity contribution in [1.29, 1.82) is 0 Å². The molecule has 0 saturated heterocycles. The second-order valence-electron chi connectivity index (χ2n) is 6.37. The van der Waals surface area contributed by atoms with Gasteiger partial charge in [0, 0.05) is 6.54 Å². The standard InChI is InChI=1S/C18H29NO3/c1-6-11-19-13-14-9-8-10-15(12-14)21-16(7-2)17(20)22-18(3,4)5/h8-10,12,16,19H,6-7,11,13H2,1-5H3. The zero-order valence-electron chi connectivity index (χ0n) is 14.4. The molecule has 1 N–H and O–H groups in total. The fourth-order valence-corrected chi connectivity index (χ4v) is 1.97. The average molecular weight is 307 g/mol. The van der Waals surface area contributed by atoms with Gasteiger partial charge < -0.3 is 14.8 Å². The van der Waals surface area contributed by atoms with Crippen LogP contribution in [0.4, 0.5) is 0 Å². The second-order valence-corrected chi connectivity index (χ2v) is 6.37. The summed E-state index contributed by atoms with van der Waals surface area (Å²) in [5.41, 5.74) is 0.643. The fourth-order valence-electron chi connectivity index (χ4n) is 1.97. The lowest BCUT2D eigenvalue weighted by atomic mass is 10.2. The molecule has 0 aliphatic carbocycles. The molecule has 0 fully saturated rings. The van der Waals surface area contributed by atoms with E-state index in [2.05, 4.69) is 12.2 Å². The lowest BCUT2D eigenvalue weighted by Crippen LogP contribution is -2.34. The van der Waals surface area contributed by atoms with Gasteiger partial charge in [0.2, 0.25) is 0 Å². The van der Waals surface area contributed by atoms with Crippen molar-refractivity contribution in [3.05, 3.63) is 29.8 Å². The minimum atomic E-state index is -0.571. The molecule has 0 radical (unpaired) electrons. The van der Waals surface area contributed by atoms with E-state index in [0.29, 0.717) is 12.2 Å². The molecular weight excluding hydrogens is 278 g/mol. The molecule has 1 rings (SSSR count). The van der Waals surface area contributed by atoms with Gasteiger partial charge in [0.25, 0.3) is 0 Å². The van der Waals surface area contributed by atoms with E-state index in [-0.39, 0.29) is 5.97 Å². The number of hydrogen-bond donors (Lipinski definition) is 1. The van der Waals surface area contributed by atoms with E-state index in [4.69, 9.17) is 9.47 Å². The first-order chi connectivity index (χ1) is 10.4. The van der Waals surface area contributed by atoms with Crippen LogP contribution in [0.15, 0.2) is 24.3 Å². The number of carbonyl (C=O) groups is 1. The van der Waals surface area contributed by atoms with Crippen LogP contribution in [0, 0.1) is 0 Å². The van der Waals surface area contributed by atoms with Crippen molar-refractivity contribution in [2.45, 2.75) is 65.7 Å². The van der Waals surface area contributed by atoms with Crippen LogP contribution in [-0.4, -0.2) is 24.2 Å². The monoisotopic (exact) mass is 307 g/mol. The number of esters is 1. The summed E-state index contributed by atoms with van der Waals surface area (Å²) in [6.45, 7) is 11.4. The van der Waals surface area contributed by atoms with Crippen LogP contribution in [-0.2, 0) is 16.1 Å². The van der Waals surface area contributed by atoms with Crippen LogP contribution in [0.3, 0.4) is 0 Å². The topological polar surface area (TPSA) is 47.6 Å². The number of carbonyl (C=O) groups excluding carboxylic acids is 1. The number of rotatable bonds is 8. The SMILES string of the molecule is CCCNCc1cccc(OC(CC)C(=O)OC(C)(C)C)c1. The number of hydrogen-bond acceptors (Lipinski definition) is 4. The van der Waals surface area contributed by atoms with Crippen molar-refractivity contribution in [2.24, 2.45) is 0 Å². The third kappa shape index (κ3) is 6.94. The average Bonchev–Trinajstić information content (AvgIpc) is 2.43. The van der Waals surface area contributed by atoms with Gasteiger partial charge in [-0.1, -0.05) is 26.0 Å². The minimum Gasteiger partial charge on any atom is -0.479 e. The Morgan fingerprint density at radius 3 is 2.59 bits per heavy atom. The molecule has 0 heterocycles. The molecule has 0 amide bonds. The molecule has 22 heavy (non-hydrogen) atoms. The predicted molar refractivity (Wildman–Crippen MR) is 89.0 cm³/mol. The number of benzene rings is 1. The van der Waals surface area contributed by atoms with Gasteiger partial charge in [-0.05, 0) is 57.9 Å².